The van der Waals surface area contributed by atoms with Gasteiger partial charge in [-0.15, -0.1) is 0 Å². The lowest BCUT2D eigenvalue weighted by molar-refractivity contribution is -0.122. The zero-order valence-electron chi connectivity index (χ0n) is 19.7. The van der Waals surface area contributed by atoms with Gasteiger partial charge in [0.1, 0.15) is 5.75 Å². The molecule has 2 unspecified atom stereocenters. The summed E-state index contributed by atoms with van der Waals surface area (Å²) in [7, 11) is 0. The summed E-state index contributed by atoms with van der Waals surface area (Å²) >= 11 is 0. The van der Waals surface area contributed by atoms with E-state index in [1.54, 1.807) is 0 Å². The van der Waals surface area contributed by atoms with E-state index in [4.69, 9.17) is 4.74 Å². The summed E-state index contributed by atoms with van der Waals surface area (Å²) in [5, 5.41) is 0. The van der Waals surface area contributed by atoms with E-state index in [0.717, 1.165) is 42.8 Å². The van der Waals surface area contributed by atoms with E-state index in [9.17, 15) is 4.79 Å². The number of ketones is 1. The van der Waals surface area contributed by atoms with Crippen molar-refractivity contribution in [3.8, 4) is 16.9 Å². The summed E-state index contributed by atoms with van der Waals surface area (Å²) in [6, 6.07) is 16.9. The first kappa shape index (κ1) is 23.3. The first-order chi connectivity index (χ1) is 15.0. The van der Waals surface area contributed by atoms with Crippen LogP contribution in [0.5, 0.6) is 5.75 Å². The molecular weight excluding hydrogens is 380 g/mol. The highest BCUT2D eigenvalue weighted by atomic mass is 16.5. The van der Waals surface area contributed by atoms with Crippen molar-refractivity contribution in [2.24, 2.45) is 17.8 Å². The van der Waals surface area contributed by atoms with Gasteiger partial charge in [-0.2, -0.15) is 0 Å². The zero-order valence-corrected chi connectivity index (χ0v) is 19.7. The van der Waals surface area contributed by atoms with Crippen LogP contribution in [0.15, 0.2) is 54.1 Å². The van der Waals surface area contributed by atoms with Crippen molar-refractivity contribution < 1.29 is 9.53 Å². The van der Waals surface area contributed by atoms with Gasteiger partial charge in [0.25, 0.3) is 0 Å². The molecule has 0 radical (unpaired) electrons. The molecule has 0 aliphatic heterocycles. The second-order valence-electron chi connectivity index (χ2n) is 9.35. The van der Waals surface area contributed by atoms with Crippen LogP contribution in [-0.4, -0.2) is 12.4 Å². The van der Waals surface area contributed by atoms with Crippen molar-refractivity contribution in [2.45, 2.75) is 66.2 Å². The molecule has 1 aliphatic carbocycles. The normalized spacial score (nSPS) is 20.4. The van der Waals surface area contributed by atoms with E-state index in [1.165, 1.54) is 30.4 Å². The van der Waals surface area contributed by atoms with Crippen LogP contribution in [0.4, 0.5) is 0 Å². The monoisotopic (exact) mass is 418 g/mol. The van der Waals surface area contributed by atoms with Crippen LogP contribution in [-0.2, 0) is 4.79 Å². The number of unbranched alkanes of at least 4 members (excludes halogenated alkanes) is 3. The Morgan fingerprint density at radius 1 is 0.935 bits per heavy atom. The predicted molar refractivity (Wildman–Crippen MR) is 131 cm³/mol. The van der Waals surface area contributed by atoms with Gasteiger partial charge in [-0.25, -0.2) is 0 Å². The summed E-state index contributed by atoms with van der Waals surface area (Å²) < 4.78 is 5.85. The fourth-order valence-electron chi connectivity index (χ4n) is 4.44. The summed E-state index contributed by atoms with van der Waals surface area (Å²) in [5.74, 6) is 2.22. The van der Waals surface area contributed by atoms with E-state index in [0.29, 0.717) is 17.6 Å². The molecule has 2 aromatic carbocycles. The minimum Gasteiger partial charge on any atom is -0.494 e. The molecule has 31 heavy (non-hydrogen) atoms. The van der Waals surface area contributed by atoms with Crippen molar-refractivity contribution >= 4 is 11.9 Å². The van der Waals surface area contributed by atoms with Crippen LogP contribution < -0.4 is 4.74 Å². The lowest BCUT2D eigenvalue weighted by Gasteiger charge is -2.30. The number of Topliss-reactive ketones (excluding diaryl/α,β-unsaturated/α-hetero) is 1. The highest BCUT2D eigenvalue weighted by Crippen LogP contribution is 2.35. The second-order valence-corrected chi connectivity index (χ2v) is 9.35. The largest absolute Gasteiger partial charge is 0.494 e. The minimum absolute atomic E-state index is 0.175. The molecule has 0 aromatic heterocycles. The van der Waals surface area contributed by atoms with Crippen LogP contribution in [0.1, 0.15) is 71.8 Å². The molecule has 0 saturated heterocycles. The van der Waals surface area contributed by atoms with Gasteiger partial charge in [-0.3, -0.25) is 4.79 Å². The smallest absolute Gasteiger partial charge is 0.162 e. The molecular formula is C29H38O2. The maximum Gasteiger partial charge on any atom is 0.162 e. The Morgan fingerprint density at radius 3 is 2.19 bits per heavy atom. The van der Waals surface area contributed by atoms with Crippen LogP contribution in [0.25, 0.3) is 17.2 Å². The van der Waals surface area contributed by atoms with Gasteiger partial charge in [-0.05, 0) is 71.6 Å². The number of carbonyl (C=O) groups is 1. The Bertz CT molecular complexity index is 859. The number of rotatable bonds is 9. The number of allylic oxidation sites excluding steroid dienone is 1. The Balaban J connectivity index is 1.64. The molecule has 166 valence electrons. The van der Waals surface area contributed by atoms with Gasteiger partial charge in [0.2, 0.25) is 0 Å². The molecule has 2 atom stereocenters. The lowest BCUT2D eigenvalue weighted by atomic mass is 9.73. The molecule has 0 bridgehead atoms. The van der Waals surface area contributed by atoms with E-state index in [1.807, 2.05) is 0 Å². The Kier molecular flexibility index (Phi) is 8.51. The van der Waals surface area contributed by atoms with Crippen molar-refractivity contribution in [1.29, 1.82) is 0 Å². The fourth-order valence-corrected chi connectivity index (χ4v) is 4.44. The minimum atomic E-state index is 0.175. The number of hydrogen-bond donors (Lipinski definition) is 0. The second kappa shape index (κ2) is 11.3. The third kappa shape index (κ3) is 6.32. The molecule has 3 rings (SSSR count). The SMILES string of the molecule is CCCCCCOc1ccc(-c2ccc(/C=C3\C(=O)C(C(C)C)CCC3C)cc2)cc1. The molecule has 0 N–H and O–H groups in total. The Morgan fingerprint density at radius 2 is 1.58 bits per heavy atom. The molecule has 0 spiro atoms. The third-order valence-corrected chi connectivity index (χ3v) is 6.55. The molecule has 1 saturated carbocycles. The molecule has 0 amide bonds. The van der Waals surface area contributed by atoms with Gasteiger partial charge in [0.15, 0.2) is 5.78 Å². The van der Waals surface area contributed by atoms with Gasteiger partial charge in [0.05, 0.1) is 6.61 Å². The number of ether oxygens (including phenoxy) is 1. The molecule has 1 fully saturated rings. The molecule has 0 heterocycles. The summed E-state index contributed by atoms with van der Waals surface area (Å²) in [6.45, 7) is 9.52. The summed E-state index contributed by atoms with van der Waals surface area (Å²) in [6.07, 6.45) is 9.11. The Labute approximate surface area is 188 Å². The molecule has 1 aliphatic rings. The van der Waals surface area contributed by atoms with Crippen molar-refractivity contribution in [1.82, 2.24) is 0 Å². The molecule has 2 heteroatoms. The van der Waals surface area contributed by atoms with Gasteiger partial charge in [0, 0.05) is 5.92 Å². The number of carbonyl (C=O) groups excluding carboxylic acids is 1. The van der Waals surface area contributed by atoms with E-state index < -0.39 is 0 Å². The maximum atomic E-state index is 12.9. The quantitative estimate of drug-likeness (QED) is 0.305. The van der Waals surface area contributed by atoms with Crippen LogP contribution >= 0.6 is 0 Å². The van der Waals surface area contributed by atoms with E-state index in [2.05, 4.69) is 82.3 Å². The van der Waals surface area contributed by atoms with Crippen LogP contribution in [0.3, 0.4) is 0 Å². The standard InChI is InChI=1S/C29H38O2/c1-5-6-7-8-19-31-26-16-14-25(15-17-26)24-12-10-23(11-13-24)20-28-22(4)9-18-27(21(2)3)29(28)30/h10-17,20-22,27H,5-9,18-19H2,1-4H3/b28-20-. The topological polar surface area (TPSA) is 26.3 Å². The zero-order chi connectivity index (χ0) is 22.2. The van der Waals surface area contributed by atoms with Crippen molar-refractivity contribution in [3.63, 3.8) is 0 Å². The average molecular weight is 419 g/mol. The summed E-state index contributed by atoms with van der Waals surface area (Å²) in [5.41, 5.74) is 4.47. The number of benzene rings is 2. The highest BCUT2D eigenvalue weighted by molar-refractivity contribution is 6.02. The first-order valence-corrected chi connectivity index (χ1v) is 12.1. The van der Waals surface area contributed by atoms with Crippen LogP contribution in [0, 0.1) is 17.8 Å². The Hall–Kier alpha value is -2.35. The van der Waals surface area contributed by atoms with Crippen molar-refractivity contribution in [2.75, 3.05) is 6.61 Å². The third-order valence-electron chi connectivity index (χ3n) is 6.55. The predicted octanol–water partition coefficient (Wildman–Crippen LogP) is 7.97. The first-order valence-electron chi connectivity index (χ1n) is 12.1. The van der Waals surface area contributed by atoms with E-state index in [-0.39, 0.29) is 5.92 Å². The average Bonchev–Trinajstić information content (AvgIpc) is 2.77. The number of hydrogen-bond acceptors (Lipinski definition) is 2. The molecule has 2 nitrogen and oxygen atoms in total. The highest BCUT2D eigenvalue weighted by Gasteiger charge is 2.32. The fraction of sp³-hybridized carbons (Fsp3) is 0.483. The molecule has 2 aromatic rings. The maximum absolute atomic E-state index is 12.9. The van der Waals surface area contributed by atoms with E-state index >= 15 is 0 Å². The summed E-state index contributed by atoms with van der Waals surface area (Å²) in [4.78, 5) is 12.9. The van der Waals surface area contributed by atoms with Gasteiger partial charge in [-0.1, -0.05) is 83.4 Å². The lowest BCUT2D eigenvalue weighted by Crippen LogP contribution is -2.30. The van der Waals surface area contributed by atoms with Crippen LogP contribution in [0.2, 0.25) is 0 Å². The van der Waals surface area contributed by atoms with Gasteiger partial charge < -0.3 is 4.74 Å². The van der Waals surface area contributed by atoms with Crippen molar-refractivity contribution in [3.05, 3.63) is 59.7 Å². The van der Waals surface area contributed by atoms with Gasteiger partial charge >= 0.3 is 0 Å².